The fraction of sp³-hybridized carbons (Fsp3) is 0.286. The summed E-state index contributed by atoms with van der Waals surface area (Å²) >= 11 is 0. The first kappa shape index (κ1) is 30.1. The van der Waals surface area contributed by atoms with Crippen LogP contribution in [-0.4, -0.2) is 88.3 Å². The second kappa shape index (κ2) is 13.2. The van der Waals surface area contributed by atoms with E-state index in [4.69, 9.17) is 13.9 Å². The zero-order chi connectivity index (χ0) is 30.3. The van der Waals surface area contributed by atoms with Gasteiger partial charge in [-0.1, -0.05) is 0 Å². The summed E-state index contributed by atoms with van der Waals surface area (Å²) in [5.74, 6) is -1.11. The molecule has 0 saturated carbocycles. The lowest BCUT2D eigenvalue weighted by Crippen LogP contribution is -2.51. The standard InChI is InChI=1S/C28H30N4O9S/c1-20(33)29-21-5-11-24(12-6-21)42(37,38)30(2)22-7-9-23(10-8-22)40-19-27(35)41-18-26(34)31-13-15-32(16-14-31)28(36)25-4-3-17-39-25/h3-12,17H,13-16,18-19H2,1-2H3,(H,29,33). The molecular formula is C28H30N4O9S. The van der Waals surface area contributed by atoms with Crippen LogP contribution in [0.5, 0.6) is 5.75 Å². The van der Waals surface area contributed by atoms with Gasteiger partial charge < -0.3 is 29.0 Å². The van der Waals surface area contributed by atoms with Gasteiger partial charge in [0.2, 0.25) is 5.91 Å². The van der Waals surface area contributed by atoms with Crippen molar-refractivity contribution in [3.05, 3.63) is 72.7 Å². The van der Waals surface area contributed by atoms with Gasteiger partial charge in [-0.25, -0.2) is 13.2 Å². The molecule has 4 rings (SSSR count). The number of nitrogens with zero attached hydrogens (tertiary/aromatic N) is 3. The zero-order valence-electron chi connectivity index (χ0n) is 23.0. The summed E-state index contributed by atoms with van der Waals surface area (Å²) in [7, 11) is -2.47. The molecule has 2 aromatic carbocycles. The van der Waals surface area contributed by atoms with E-state index < -0.39 is 29.2 Å². The molecule has 1 saturated heterocycles. The second-order valence-electron chi connectivity index (χ2n) is 9.27. The highest BCUT2D eigenvalue weighted by molar-refractivity contribution is 7.92. The van der Waals surface area contributed by atoms with Crippen LogP contribution in [0.25, 0.3) is 0 Å². The average Bonchev–Trinajstić information content (AvgIpc) is 3.53. The molecule has 0 radical (unpaired) electrons. The summed E-state index contributed by atoms with van der Waals surface area (Å²) in [5, 5.41) is 2.58. The maximum absolute atomic E-state index is 13.0. The Morgan fingerprint density at radius 2 is 1.55 bits per heavy atom. The van der Waals surface area contributed by atoms with Crippen LogP contribution in [0.3, 0.4) is 0 Å². The molecule has 3 aromatic rings. The van der Waals surface area contributed by atoms with Crippen LogP contribution in [0.2, 0.25) is 0 Å². The highest BCUT2D eigenvalue weighted by Gasteiger charge is 2.26. The maximum atomic E-state index is 13.0. The summed E-state index contributed by atoms with van der Waals surface area (Å²) in [5.41, 5.74) is 0.832. The van der Waals surface area contributed by atoms with Gasteiger partial charge in [0.25, 0.3) is 21.8 Å². The van der Waals surface area contributed by atoms with Crippen LogP contribution >= 0.6 is 0 Å². The Bertz CT molecular complexity index is 1510. The first-order valence-electron chi connectivity index (χ1n) is 12.9. The van der Waals surface area contributed by atoms with Gasteiger partial charge in [0, 0.05) is 45.8 Å². The molecule has 1 N–H and O–H groups in total. The van der Waals surface area contributed by atoms with E-state index in [9.17, 15) is 27.6 Å². The fourth-order valence-corrected chi connectivity index (χ4v) is 5.29. The summed E-state index contributed by atoms with van der Waals surface area (Å²) in [6, 6.07) is 15.0. The predicted molar refractivity (Wildman–Crippen MR) is 150 cm³/mol. The van der Waals surface area contributed by atoms with Gasteiger partial charge in [-0.3, -0.25) is 18.7 Å². The Balaban J connectivity index is 1.20. The van der Waals surface area contributed by atoms with Crippen molar-refractivity contribution in [1.82, 2.24) is 9.80 Å². The lowest BCUT2D eigenvalue weighted by molar-refractivity contribution is -0.154. The van der Waals surface area contributed by atoms with Crippen molar-refractivity contribution in [2.75, 3.05) is 56.1 Å². The number of sulfonamides is 1. The third-order valence-electron chi connectivity index (χ3n) is 6.40. The quantitative estimate of drug-likeness (QED) is 0.345. The topological polar surface area (TPSA) is 156 Å². The van der Waals surface area contributed by atoms with Crippen LogP contribution in [0.4, 0.5) is 11.4 Å². The Morgan fingerprint density at radius 1 is 0.905 bits per heavy atom. The van der Waals surface area contributed by atoms with E-state index in [1.165, 1.54) is 73.7 Å². The number of furan rings is 1. The van der Waals surface area contributed by atoms with Crippen LogP contribution in [0.15, 0.2) is 76.2 Å². The molecule has 13 nitrogen and oxygen atoms in total. The third-order valence-corrected chi connectivity index (χ3v) is 8.20. The number of nitrogens with one attached hydrogen (secondary N) is 1. The van der Waals surface area contributed by atoms with Gasteiger partial charge >= 0.3 is 5.97 Å². The number of benzene rings is 2. The molecule has 0 bridgehead atoms. The number of carbonyl (C=O) groups excluding carboxylic acids is 4. The van der Waals surface area contributed by atoms with E-state index in [0.717, 1.165) is 4.31 Å². The molecule has 0 unspecified atom stereocenters. The third kappa shape index (κ3) is 7.46. The van der Waals surface area contributed by atoms with Gasteiger partial charge in [0.1, 0.15) is 5.75 Å². The van der Waals surface area contributed by atoms with E-state index in [1.807, 2.05) is 0 Å². The number of hydrogen-bond acceptors (Lipinski definition) is 9. The van der Waals surface area contributed by atoms with Crippen molar-refractivity contribution in [3.63, 3.8) is 0 Å². The minimum Gasteiger partial charge on any atom is -0.482 e. The van der Waals surface area contributed by atoms with Crippen molar-refractivity contribution < 1.29 is 41.5 Å². The Kier molecular flexibility index (Phi) is 9.47. The van der Waals surface area contributed by atoms with E-state index in [1.54, 1.807) is 17.0 Å². The summed E-state index contributed by atoms with van der Waals surface area (Å²) in [6.07, 6.45) is 1.42. The largest absolute Gasteiger partial charge is 0.482 e. The Morgan fingerprint density at radius 3 is 2.14 bits per heavy atom. The molecular weight excluding hydrogens is 568 g/mol. The highest BCUT2D eigenvalue weighted by atomic mass is 32.2. The molecule has 14 heteroatoms. The monoisotopic (exact) mass is 598 g/mol. The first-order chi connectivity index (χ1) is 20.0. The Hall–Kier alpha value is -4.85. The van der Waals surface area contributed by atoms with E-state index in [-0.39, 0.29) is 28.4 Å². The van der Waals surface area contributed by atoms with Crippen LogP contribution in [-0.2, 0) is 29.1 Å². The van der Waals surface area contributed by atoms with Crippen molar-refractivity contribution in [3.8, 4) is 5.75 Å². The number of esters is 1. The molecule has 3 amide bonds. The molecule has 0 aliphatic carbocycles. The van der Waals surface area contributed by atoms with Crippen LogP contribution in [0.1, 0.15) is 17.5 Å². The summed E-state index contributed by atoms with van der Waals surface area (Å²) in [6.45, 7) is 1.72. The number of rotatable bonds is 10. The molecule has 1 aliphatic rings. The molecule has 222 valence electrons. The lowest BCUT2D eigenvalue weighted by Gasteiger charge is -2.34. The lowest BCUT2D eigenvalue weighted by atomic mass is 10.3. The van der Waals surface area contributed by atoms with Crippen molar-refractivity contribution in [2.24, 2.45) is 0 Å². The van der Waals surface area contributed by atoms with Crippen LogP contribution in [0, 0.1) is 0 Å². The normalized spacial score (nSPS) is 13.3. The molecule has 0 atom stereocenters. The number of ether oxygens (including phenoxy) is 2. The smallest absolute Gasteiger partial charge is 0.344 e. The summed E-state index contributed by atoms with van der Waals surface area (Å²) in [4.78, 5) is 51.2. The van der Waals surface area contributed by atoms with Gasteiger partial charge in [-0.15, -0.1) is 0 Å². The van der Waals surface area contributed by atoms with Gasteiger partial charge in [0.15, 0.2) is 19.0 Å². The molecule has 2 heterocycles. The Labute approximate surface area is 242 Å². The first-order valence-corrected chi connectivity index (χ1v) is 14.3. The number of anilines is 2. The SMILES string of the molecule is CC(=O)Nc1ccc(S(=O)(=O)N(C)c2ccc(OCC(=O)OCC(=O)N3CCN(C(=O)c4ccco4)CC3)cc2)cc1. The zero-order valence-corrected chi connectivity index (χ0v) is 23.8. The number of carbonyl (C=O) groups is 4. The van der Waals surface area contributed by atoms with E-state index in [2.05, 4.69) is 5.32 Å². The second-order valence-corrected chi connectivity index (χ2v) is 11.2. The predicted octanol–water partition coefficient (Wildman–Crippen LogP) is 1.97. The van der Waals surface area contributed by atoms with Crippen molar-refractivity contribution in [2.45, 2.75) is 11.8 Å². The molecule has 1 fully saturated rings. The summed E-state index contributed by atoms with van der Waals surface area (Å²) < 4.78 is 42.7. The van der Waals surface area contributed by atoms with Crippen molar-refractivity contribution in [1.29, 1.82) is 0 Å². The molecule has 1 aliphatic heterocycles. The van der Waals surface area contributed by atoms with E-state index >= 15 is 0 Å². The van der Waals surface area contributed by atoms with Gasteiger partial charge in [-0.05, 0) is 60.7 Å². The number of piperazine rings is 1. The number of hydrogen-bond donors (Lipinski definition) is 1. The van der Waals surface area contributed by atoms with Gasteiger partial charge in [0.05, 0.1) is 16.8 Å². The van der Waals surface area contributed by atoms with E-state index in [0.29, 0.717) is 43.3 Å². The molecule has 0 spiro atoms. The maximum Gasteiger partial charge on any atom is 0.344 e. The van der Waals surface area contributed by atoms with Crippen molar-refractivity contribution >= 4 is 45.1 Å². The average molecular weight is 599 g/mol. The highest BCUT2D eigenvalue weighted by Crippen LogP contribution is 2.25. The minimum atomic E-state index is -3.87. The number of amides is 3. The van der Waals surface area contributed by atoms with Crippen LogP contribution < -0.4 is 14.4 Å². The van der Waals surface area contributed by atoms with Gasteiger partial charge in [-0.2, -0.15) is 0 Å². The molecule has 42 heavy (non-hydrogen) atoms. The fourth-order valence-electron chi connectivity index (χ4n) is 4.10. The minimum absolute atomic E-state index is 0.0426. The molecule has 1 aromatic heterocycles.